The van der Waals surface area contributed by atoms with Crippen LogP contribution in [-0.2, 0) is 9.47 Å². The number of hydrogen-bond donors (Lipinski definition) is 2. The first-order valence-electron chi connectivity index (χ1n) is 12.8. The maximum atomic E-state index is 11.8. The third kappa shape index (κ3) is 21.8. The van der Waals surface area contributed by atoms with Gasteiger partial charge in [-0.05, 0) is 74.3 Å². The molecule has 0 atom stereocenters. The van der Waals surface area contributed by atoms with Crippen molar-refractivity contribution in [2.24, 2.45) is 0 Å². The fourth-order valence-corrected chi connectivity index (χ4v) is 3.36. The molecule has 198 valence electrons. The molecule has 0 saturated carbocycles. The zero-order chi connectivity index (χ0) is 26.0. The lowest BCUT2D eigenvalue weighted by Gasteiger charge is -2.23. The molecule has 0 unspecified atom stereocenters. The van der Waals surface area contributed by atoms with E-state index in [4.69, 9.17) is 9.47 Å². The number of nitrogens with zero attached hydrogens (tertiary/aromatic N) is 1. The third-order valence-electron chi connectivity index (χ3n) is 4.76. The number of rotatable bonds is 16. The Morgan fingerprint density at radius 2 is 1.21 bits per heavy atom. The Hall–Kier alpha value is -2.02. The molecule has 0 aliphatic heterocycles. The maximum Gasteiger partial charge on any atom is 0.407 e. The topological polar surface area (TPSA) is 79.9 Å². The SMILES string of the molecule is C=C/C=C(\C)CN(CCCCCCCCNC(=O)OC(C)(C)C)CCCNC(=O)OC(C)(C)C. The molecule has 0 radical (unpaired) electrons. The fraction of sp³-hybridized carbons (Fsp3) is 0.778. The van der Waals surface area contributed by atoms with E-state index in [9.17, 15) is 9.59 Å². The molecule has 34 heavy (non-hydrogen) atoms. The normalized spacial score (nSPS) is 12.4. The minimum absolute atomic E-state index is 0.338. The first kappa shape index (κ1) is 32.0. The lowest BCUT2D eigenvalue weighted by molar-refractivity contribution is 0.0514. The Morgan fingerprint density at radius 3 is 1.71 bits per heavy atom. The van der Waals surface area contributed by atoms with E-state index in [1.807, 2.05) is 47.6 Å². The van der Waals surface area contributed by atoms with Crippen molar-refractivity contribution in [3.8, 4) is 0 Å². The predicted octanol–water partition coefficient (Wildman–Crippen LogP) is 6.20. The van der Waals surface area contributed by atoms with Crippen LogP contribution < -0.4 is 10.6 Å². The molecule has 0 fully saturated rings. The Balaban J connectivity index is 4.07. The van der Waals surface area contributed by atoms with Crippen LogP contribution >= 0.6 is 0 Å². The minimum atomic E-state index is -0.475. The second-order valence-electron chi connectivity index (χ2n) is 10.9. The summed E-state index contributed by atoms with van der Waals surface area (Å²) < 4.78 is 10.5. The zero-order valence-corrected chi connectivity index (χ0v) is 22.9. The van der Waals surface area contributed by atoms with E-state index >= 15 is 0 Å². The van der Waals surface area contributed by atoms with E-state index in [2.05, 4.69) is 35.1 Å². The van der Waals surface area contributed by atoms with Gasteiger partial charge in [0.15, 0.2) is 0 Å². The number of allylic oxidation sites excluding steroid dienone is 2. The first-order chi connectivity index (χ1) is 15.8. The Morgan fingerprint density at radius 1 is 0.765 bits per heavy atom. The molecule has 0 heterocycles. The minimum Gasteiger partial charge on any atom is -0.444 e. The molecule has 0 aliphatic carbocycles. The van der Waals surface area contributed by atoms with Crippen molar-refractivity contribution in [2.45, 2.75) is 105 Å². The van der Waals surface area contributed by atoms with Crippen molar-refractivity contribution in [2.75, 3.05) is 32.7 Å². The highest BCUT2D eigenvalue weighted by atomic mass is 16.6. The van der Waals surface area contributed by atoms with Gasteiger partial charge in [0, 0.05) is 26.2 Å². The third-order valence-corrected chi connectivity index (χ3v) is 4.76. The smallest absolute Gasteiger partial charge is 0.407 e. The van der Waals surface area contributed by atoms with Gasteiger partial charge in [0.05, 0.1) is 0 Å². The van der Waals surface area contributed by atoms with Crippen LogP contribution in [0.1, 0.15) is 93.4 Å². The summed E-state index contributed by atoms with van der Waals surface area (Å²) in [7, 11) is 0. The van der Waals surface area contributed by atoms with Crippen molar-refractivity contribution in [3.05, 3.63) is 24.3 Å². The second-order valence-corrected chi connectivity index (χ2v) is 10.9. The van der Waals surface area contributed by atoms with Crippen LogP contribution in [0.15, 0.2) is 24.3 Å². The van der Waals surface area contributed by atoms with Crippen molar-refractivity contribution >= 4 is 12.2 Å². The van der Waals surface area contributed by atoms with E-state index in [1.54, 1.807) is 0 Å². The summed E-state index contributed by atoms with van der Waals surface area (Å²) in [4.78, 5) is 25.9. The number of ether oxygens (including phenoxy) is 2. The molecular weight excluding hydrogens is 430 g/mol. The van der Waals surface area contributed by atoms with E-state index in [1.165, 1.54) is 24.8 Å². The molecule has 2 amide bonds. The van der Waals surface area contributed by atoms with Crippen molar-refractivity contribution in [3.63, 3.8) is 0 Å². The quantitative estimate of drug-likeness (QED) is 0.203. The monoisotopic (exact) mass is 481 g/mol. The van der Waals surface area contributed by atoms with Gasteiger partial charge >= 0.3 is 12.2 Å². The first-order valence-corrected chi connectivity index (χ1v) is 12.8. The average Bonchev–Trinajstić information content (AvgIpc) is 2.67. The zero-order valence-electron chi connectivity index (χ0n) is 22.9. The van der Waals surface area contributed by atoms with Crippen molar-refractivity contribution < 1.29 is 19.1 Å². The number of carbonyl (C=O) groups excluding carboxylic acids is 2. The molecule has 0 aromatic rings. The molecular formula is C27H51N3O4. The van der Waals surface area contributed by atoms with Gasteiger partial charge in [-0.15, -0.1) is 0 Å². The lowest BCUT2D eigenvalue weighted by atomic mass is 10.1. The van der Waals surface area contributed by atoms with Gasteiger partial charge in [0.1, 0.15) is 11.2 Å². The number of amides is 2. The lowest BCUT2D eigenvalue weighted by Crippen LogP contribution is -2.35. The van der Waals surface area contributed by atoms with Gasteiger partial charge in [0.2, 0.25) is 0 Å². The van der Waals surface area contributed by atoms with Crippen LogP contribution in [0.25, 0.3) is 0 Å². The highest BCUT2D eigenvalue weighted by Crippen LogP contribution is 2.10. The Bertz CT molecular complexity index is 618. The molecule has 0 spiro atoms. The fourth-order valence-electron chi connectivity index (χ4n) is 3.36. The molecule has 0 bridgehead atoms. The standard InChI is InChI=1S/C27H51N3O4/c1-9-17-23(2)22-30(21-16-19-29-25(32)34-27(6,7)8)20-15-13-11-10-12-14-18-28-24(31)33-26(3,4)5/h9,17H,1,10-16,18-22H2,2-8H3,(H,28,31)(H,29,32)/b23-17+. The summed E-state index contributed by atoms with van der Waals surface area (Å²) >= 11 is 0. The van der Waals surface area contributed by atoms with Crippen molar-refractivity contribution in [1.29, 1.82) is 0 Å². The highest BCUT2D eigenvalue weighted by Gasteiger charge is 2.16. The highest BCUT2D eigenvalue weighted by molar-refractivity contribution is 5.67. The summed E-state index contributed by atoms with van der Waals surface area (Å²) in [6, 6.07) is 0. The van der Waals surface area contributed by atoms with Crippen LogP contribution in [0.2, 0.25) is 0 Å². The molecule has 7 heteroatoms. The van der Waals surface area contributed by atoms with E-state index in [-0.39, 0.29) is 12.2 Å². The van der Waals surface area contributed by atoms with Crippen molar-refractivity contribution in [1.82, 2.24) is 15.5 Å². The summed E-state index contributed by atoms with van der Waals surface area (Å²) in [5.41, 5.74) is 0.358. The number of nitrogens with one attached hydrogen (secondary N) is 2. The number of unbranched alkanes of at least 4 members (excludes halogenated alkanes) is 5. The Labute approximate surface area is 208 Å². The summed E-state index contributed by atoms with van der Waals surface area (Å²) in [5, 5.41) is 5.65. The van der Waals surface area contributed by atoms with Crippen LogP contribution in [0, 0.1) is 0 Å². The van der Waals surface area contributed by atoms with Crippen LogP contribution in [0.5, 0.6) is 0 Å². The molecule has 0 rings (SSSR count). The largest absolute Gasteiger partial charge is 0.444 e. The van der Waals surface area contributed by atoms with Gasteiger partial charge in [-0.25, -0.2) is 9.59 Å². The number of hydrogen-bond acceptors (Lipinski definition) is 5. The molecule has 0 saturated heterocycles. The summed E-state index contributed by atoms with van der Waals surface area (Å²) in [6.07, 6.45) is 10.9. The maximum absolute atomic E-state index is 11.8. The van der Waals surface area contributed by atoms with E-state index < -0.39 is 11.2 Å². The summed E-state index contributed by atoms with van der Waals surface area (Å²) in [6.45, 7) is 21.2. The van der Waals surface area contributed by atoms with Crippen LogP contribution in [0.4, 0.5) is 9.59 Å². The van der Waals surface area contributed by atoms with Crippen LogP contribution in [-0.4, -0.2) is 61.0 Å². The molecule has 2 N–H and O–H groups in total. The van der Waals surface area contributed by atoms with Crippen LogP contribution in [0.3, 0.4) is 0 Å². The van der Waals surface area contributed by atoms with E-state index in [0.29, 0.717) is 13.1 Å². The average molecular weight is 482 g/mol. The van der Waals surface area contributed by atoms with Gasteiger partial charge in [-0.3, -0.25) is 4.90 Å². The molecule has 0 aromatic heterocycles. The van der Waals surface area contributed by atoms with Gasteiger partial charge in [-0.2, -0.15) is 0 Å². The van der Waals surface area contributed by atoms with Gasteiger partial charge in [0.25, 0.3) is 0 Å². The second kappa shape index (κ2) is 17.4. The predicted molar refractivity (Wildman–Crippen MR) is 141 cm³/mol. The number of carbonyl (C=O) groups is 2. The van der Waals surface area contributed by atoms with Gasteiger partial charge in [-0.1, -0.05) is 50.0 Å². The van der Waals surface area contributed by atoms with Gasteiger partial charge < -0.3 is 20.1 Å². The molecule has 7 nitrogen and oxygen atoms in total. The Kier molecular flexibility index (Phi) is 16.4. The molecule has 0 aromatic carbocycles. The number of alkyl carbamates (subject to hydrolysis) is 2. The summed E-state index contributed by atoms with van der Waals surface area (Å²) in [5.74, 6) is 0. The molecule has 0 aliphatic rings. The van der Waals surface area contributed by atoms with E-state index in [0.717, 1.165) is 45.3 Å².